The van der Waals surface area contributed by atoms with Gasteiger partial charge in [0.25, 0.3) is 5.89 Å². The van der Waals surface area contributed by atoms with Crippen LogP contribution >= 0.6 is 24.2 Å². The molecule has 0 bridgehead atoms. The molecule has 2 aromatic rings. The highest BCUT2D eigenvalue weighted by Crippen LogP contribution is 2.24. The van der Waals surface area contributed by atoms with Crippen LogP contribution in [0.25, 0.3) is 11.5 Å². The summed E-state index contributed by atoms with van der Waals surface area (Å²) < 4.78 is 5.40. The molecule has 1 aromatic carbocycles. The molecule has 0 aliphatic carbocycles. The molecular formula is C14H19ClN4OS. The van der Waals surface area contributed by atoms with Crippen LogP contribution < -0.4 is 5.32 Å². The van der Waals surface area contributed by atoms with Gasteiger partial charge in [-0.15, -0.1) is 24.2 Å². The highest BCUT2D eigenvalue weighted by Gasteiger charge is 2.25. The third kappa shape index (κ3) is 3.58. The van der Waals surface area contributed by atoms with Crippen molar-refractivity contribution in [2.45, 2.75) is 10.9 Å². The van der Waals surface area contributed by atoms with Crippen LogP contribution in [0.1, 0.15) is 11.9 Å². The van der Waals surface area contributed by atoms with E-state index >= 15 is 0 Å². The number of thioether (sulfide) groups is 1. The van der Waals surface area contributed by atoms with Crippen LogP contribution in [0.15, 0.2) is 33.7 Å². The number of aromatic nitrogens is 2. The zero-order valence-corrected chi connectivity index (χ0v) is 13.7. The van der Waals surface area contributed by atoms with Crippen LogP contribution in [0.4, 0.5) is 0 Å². The van der Waals surface area contributed by atoms with Crippen molar-refractivity contribution in [3.8, 4) is 11.5 Å². The predicted octanol–water partition coefficient (Wildman–Crippen LogP) is 2.46. The molecule has 5 nitrogen and oxygen atoms in total. The summed E-state index contributed by atoms with van der Waals surface area (Å²) in [6.45, 7) is 2.87. The van der Waals surface area contributed by atoms with E-state index in [0.717, 1.165) is 31.0 Å². The van der Waals surface area contributed by atoms with Crippen LogP contribution in [0, 0.1) is 0 Å². The van der Waals surface area contributed by atoms with Gasteiger partial charge in [-0.1, -0.05) is 5.16 Å². The summed E-state index contributed by atoms with van der Waals surface area (Å²) in [6, 6.07) is 8.36. The van der Waals surface area contributed by atoms with Gasteiger partial charge in [0.15, 0.2) is 5.82 Å². The van der Waals surface area contributed by atoms with E-state index in [-0.39, 0.29) is 18.4 Å². The number of benzene rings is 1. The number of piperazine rings is 1. The van der Waals surface area contributed by atoms with E-state index in [9.17, 15) is 0 Å². The summed E-state index contributed by atoms with van der Waals surface area (Å²) in [7, 11) is 2.09. The van der Waals surface area contributed by atoms with Gasteiger partial charge in [-0.2, -0.15) is 4.98 Å². The maximum Gasteiger partial charge on any atom is 0.257 e. The number of hydrogen-bond acceptors (Lipinski definition) is 6. The van der Waals surface area contributed by atoms with Gasteiger partial charge in [-0.05, 0) is 37.6 Å². The Morgan fingerprint density at radius 1 is 1.33 bits per heavy atom. The SMILES string of the molecule is CSc1ccc(-c2nc(C3CNCCN3C)no2)cc1.Cl. The first kappa shape index (κ1) is 16.3. The Kier molecular flexibility index (Phi) is 5.64. The lowest BCUT2D eigenvalue weighted by Crippen LogP contribution is -2.44. The first-order valence-electron chi connectivity index (χ1n) is 6.67. The second kappa shape index (κ2) is 7.26. The summed E-state index contributed by atoms with van der Waals surface area (Å²) >= 11 is 1.72. The van der Waals surface area contributed by atoms with Crippen molar-refractivity contribution in [1.82, 2.24) is 20.4 Å². The predicted molar refractivity (Wildman–Crippen MR) is 87.0 cm³/mol. The maximum absolute atomic E-state index is 5.40. The molecule has 1 aliphatic heterocycles. The number of nitrogens with zero attached hydrogens (tertiary/aromatic N) is 3. The summed E-state index contributed by atoms with van der Waals surface area (Å²) in [4.78, 5) is 8.02. The van der Waals surface area contributed by atoms with Crippen molar-refractivity contribution < 1.29 is 4.52 Å². The Labute approximate surface area is 134 Å². The van der Waals surface area contributed by atoms with Crippen molar-refractivity contribution in [3.63, 3.8) is 0 Å². The van der Waals surface area contributed by atoms with Gasteiger partial charge in [0.2, 0.25) is 0 Å². The molecule has 0 saturated carbocycles. The second-order valence-corrected chi connectivity index (χ2v) is 5.77. The monoisotopic (exact) mass is 326 g/mol. The minimum atomic E-state index is 0. The number of rotatable bonds is 3. The normalized spacial score (nSPS) is 19.2. The van der Waals surface area contributed by atoms with E-state index in [0.29, 0.717) is 5.89 Å². The van der Waals surface area contributed by atoms with Gasteiger partial charge in [0.1, 0.15) is 0 Å². The standard InChI is InChI=1S/C14H18N4OS.ClH/c1-18-8-7-15-9-12(18)13-16-14(19-17-13)10-3-5-11(20-2)6-4-10;/h3-6,12,15H,7-9H2,1-2H3;1H. The Morgan fingerprint density at radius 3 is 2.76 bits per heavy atom. The Hall–Kier alpha value is -1.08. The van der Waals surface area contributed by atoms with Crippen LogP contribution in [0.2, 0.25) is 0 Å². The van der Waals surface area contributed by atoms with E-state index in [2.05, 4.69) is 45.8 Å². The van der Waals surface area contributed by atoms with Crippen LogP contribution in [0.3, 0.4) is 0 Å². The molecule has 1 fully saturated rings. The molecule has 1 atom stereocenters. The molecule has 1 unspecified atom stereocenters. The van der Waals surface area contributed by atoms with E-state index < -0.39 is 0 Å². The van der Waals surface area contributed by atoms with E-state index in [1.165, 1.54) is 4.90 Å². The third-order valence-corrected chi connectivity index (χ3v) is 4.33. The second-order valence-electron chi connectivity index (χ2n) is 4.89. The van der Waals surface area contributed by atoms with Crippen molar-refractivity contribution >= 4 is 24.2 Å². The Bertz CT molecular complexity index is 575. The molecule has 1 N–H and O–H groups in total. The molecule has 1 saturated heterocycles. The number of hydrogen-bond donors (Lipinski definition) is 1. The zero-order valence-electron chi connectivity index (χ0n) is 12.1. The molecule has 2 heterocycles. The van der Waals surface area contributed by atoms with Crippen LogP contribution in [0.5, 0.6) is 0 Å². The first-order chi connectivity index (χ1) is 9.78. The quantitative estimate of drug-likeness (QED) is 0.874. The van der Waals surface area contributed by atoms with Gasteiger partial charge < -0.3 is 9.84 Å². The van der Waals surface area contributed by atoms with E-state index in [1.807, 2.05) is 12.1 Å². The molecule has 1 aromatic heterocycles. The topological polar surface area (TPSA) is 54.2 Å². The molecular weight excluding hydrogens is 308 g/mol. The Morgan fingerprint density at radius 2 is 2.10 bits per heavy atom. The molecule has 1 aliphatic rings. The molecule has 0 radical (unpaired) electrons. The fourth-order valence-electron chi connectivity index (χ4n) is 2.32. The fraction of sp³-hybridized carbons (Fsp3) is 0.429. The number of halogens is 1. The van der Waals surface area contributed by atoms with E-state index in [4.69, 9.17) is 4.52 Å². The maximum atomic E-state index is 5.40. The summed E-state index contributed by atoms with van der Waals surface area (Å²) in [6.07, 6.45) is 2.06. The minimum Gasteiger partial charge on any atom is -0.334 e. The highest BCUT2D eigenvalue weighted by atomic mass is 35.5. The van der Waals surface area contributed by atoms with Gasteiger partial charge in [0, 0.05) is 30.1 Å². The smallest absolute Gasteiger partial charge is 0.257 e. The number of likely N-dealkylation sites (N-methyl/N-ethyl adjacent to an activating group) is 1. The fourth-order valence-corrected chi connectivity index (χ4v) is 2.72. The molecule has 0 amide bonds. The Balaban J connectivity index is 0.00000161. The first-order valence-corrected chi connectivity index (χ1v) is 7.89. The van der Waals surface area contributed by atoms with Crippen LogP contribution in [-0.4, -0.2) is 48.0 Å². The summed E-state index contributed by atoms with van der Waals surface area (Å²) in [5, 5.41) is 7.50. The summed E-state index contributed by atoms with van der Waals surface area (Å²) in [5.41, 5.74) is 0.966. The average molecular weight is 327 g/mol. The largest absolute Gasteiger partial charge is 0.334 e. The third-order valence-electron chi connectivity index (χ3n) is 3.59. The van der Waals surface area contributed by atoms with Gasteiger partial charge >= 0.3 is 0 Å². The molecule has 3 rings (SSSR count). The van der Waals surface area contributed by atoms with Crippen molar-refractivity contribution in [3.05, 3.63) is 30.1 Å². The molecule has 114 valence electrons. The van der Waals surface area contributed by atoms with Crippen molar-refractivity contribution in [2.24, 2.45) is 0 Å². The minimum absolute atomic E-state index is 0. The summed E-state index contributed by atoms with van der Waals surface area (Å²) in [5.74, 6) is 1.34. The highest BCUT2D eigenvalue weighted by molar-refractivity contribution is 7.98. The van der Waals surface area contributed by atoms with Crippen molar-refractivity contribution in [2.75, 3.05) is 32.9 Å². The van der Waals surface area contributed by atoms with E-state index in [1.54, 1.807) is 11.8 Å². The van der Waals surface area contributed by atoms with Gasteiger partial charge in [0.05, 0.1) is 6.04 Å². The lowest BCUT2D eigenvalue weighted by atomic mass is 10.2. The molecule has 0 spiro atoms. The van der Waals surface area contributed by atoms with Crippen molar-refractivity contribution in [1.29, 1.82) is 0 Å². The zero-order chi connectivity index (χ0) is 13.9. The molecule has 7 heteroatoms. The lowest BCUT2D eigenvalue weighted by molar-refractivity contribution is 0.190. The van der Waals surface area contributed by atoms with Crippen LogP contribution in [-0.2, 0) is 0 Å². The molecule has 21 heavy (non-hydrogen) atoms. The average Bonchev–Trinajstić information content (AvgIpc) is 2.97. The van der Waals surface area contributed by atoms with Gasteiger partial charge in [-0.25, -0.2) is 0 Å². The lowest BCUT2D eigenvalue weighted by Gasteiger charge is -2.30. The number of nitrogens with one attached hydrogen (secondary N) is 1. The van der Waals surface area contributed by atoms with Gasteiger partial charge in [-0.3, -0.25) is 4.90 Å².